The van der Waals surface area contributed by atoms with Gasteiger partial charge in [-0.25, -0.2) is 20.3 Å². The van der Waals surface area contributed by atoms with E-state index in [1.165, 1.54) is 6.34 Å². The normalized spacial score (nSPS) is 12.0. The number of aromatic nitrogens is 2. The summed E-state index contributed by atoms with van der Waals surface area (Å²) < 4.78 is 0. The highest BCUT2D eigenvalue weighted by atomic mass is 16.1. The van der Waals surface area contributed by atoms with Gasteiger partial charge in [0.05, 0.1) is 0 Å². The number of ketones is 1. The van der Waals surface area contributed by atoms with Crippen molar-refractivity contribution in [1.29, 1.82) is 0 Å². The average molecular weight is 238 g/mol. The van der Waals surface area contributed by atoms with Crippen molar-refractivity contribution in [3.8, 4) is 0 Å². The number of benzene rings is 1. The largest absolute Gasteiger partial charge is 0.382 e. The van der Waals surface area contributed by atoms with E-state index in [0.29, 0.717) is 17.1 Å². The highest BCUT2D eigenvalue weighted by Crippen LogP contribution is 2.31. The number of nitrogen functional groups attached to an aromatic ring is 1. The van der Waals surface area contributed by atoms with Gasteiger partial charge in [0, 0.05) is 5.56 Å². The molecule has 6 nitrogen and oxygen atoms in total. The Morgan fingerprint density at radius 1 is 1.11 bits per heavy atom. The number of carbonyl (C=O) groups is 1. The summed E-state index contributed by atoms with van der Waals surface area (Å²) >= 11 is 0. The maximum absolute atomic E-state index is 12.1. The summed E-state index contributed by atoms with van der Waals surface area (Å²) in [5, 5.41) is 3.92. The molecule has 0 amide bonds. The first-order valence-electron chi connectivity index (χ1n) is 5.26. The fraction of sp³-hybridized carbons (Fsp3) is 0. The Hall–Kier alpha value is -2.76. The number of hydrogen-bond donors (Lipinski definition) is 1. The molecule has 1 radical (unpaired) electrons. The van der Waals surface area contributed by atoms with Crippen molar-refractivity contribution in [3.05, 3.63) is 41.7 Å². The molecular weight excluding hydrogens is 230 g/mol. The summed E-state index contributed by atoms with van der Waals surface area (Å²) in [7, 11) is 0. The lowest BCUT2D eigenvalue weighted by Crippen LogP contribution is -2.09. The second-order valence-corrected chi connectivity index (χ2v) is 3.67. The van der Waals surface area contributed by atoms with Gasteiger partial charge in [0.25, 0.3) is 0 Å². The first-order valence-corrected chi connectivity index (χ1v) is 5.26. The monoisotopic (exact) mass is 238 g/mol. The third-order valence-electron chi connectivity index (χ3n) is 2.50. The summed E-state index contributed by atoms with van der Waals surface area (Å²) in [6, 6.07) is 8.78. The molecule has 0 unspecified atom stereocenters. The van der Waals surface area contributed by atoms with Crippen LogP contribution in [0.2, 0.25) is 0 Å². The lowest BCUT2D eigenvalue weighted by Gasteiger charge is -2.03. The molecule has 0 saturated heterocycles. The molecule has 2 aromatic rings. The summed E-state index contributed by atoms with van der Waals surface area (Å²) in [5.74, 6) is 0.248. The predicted octanol–water partition coefficient (Wildman–Crippen LogP) is 1.20. The zero-order valence-corrected chi connectivity index (χ0v) is 9.24. The van der Waals surface area contributed by atoms with Crippen LogP contribution in [0, 0.1) is 0 Å². The molecule has 1 aromatic carbocycles. The molecule has 87 valence electrons. The Morgan fingerprint density at radius 3 is 2.67 bits per heavy atom. The molecule has 6 heteroatoms. The van der Waals surface area contributed by atoms with Crippen LogP contribution in [0.4, 0.5) is 17.3 Å². The Kier molecular flexibility index (Phi) is 2.26. The summed E-state index contributed by atoms with van der Waals surface area (Å²) in [6.07, 6.45) is 1.34. The van der Waals surface area contributed by atoms with Gasteiger partial charge in [0.15, 0.2) is 17.3 Å². The molecule has 2 heterocycles. The Labute approximate surface area is 103 Å². The second kappa shape index (κ2) is 3.92. The molecule has 0 fully saturated rings. The SMILES string of the molecule is Nc1nc(C(=O)c2ccccc2)nc2c1N=C[N]2. The molecule has 0 spiro atoms. The predicted molar refractivity (Wildman–Crippen MR) is 66.3 cm³/mol. The molecule has 0 atom stereocenters. The van der Waals surface area contributed by atoms with Gasteiger partial charge in [-0.15, -0.1) is 0 Å². The third kappa shape index (κ3) is 1.60. The van der Waals surface area contributed by atoms with Crippen LogP contribution in [0.5, 0.6) is 0 Å². The minimum atomic E-state index is -0.285. The van der Waals surface area contributed by atoms with Gasteiger partial charge in [-0.1, -0.05) is 30.3 Å². The topological polar surface area (TPSA) is 95.3 Å². The Morgan fingerprint density at radius 2 is 1.89 bits per heavy atom. The third-order valence-corrected chi connectivity index (χ3v) is 2.50. The van der Waals surface area contributed by atoms with Gasteiger partial charge in [-0.3, -0.25) is 4.79 Å². The fourth-order valence-electron chi connectivity index (χ4n) is 1.64. The molecule has 0 bridgehead atoms. The van der Waals surface area contributed by atoms with Crippen LogP contribution < -0.4 is 11.1 Å². The van der Waals surface area contributed by atoms with E-state index in [4.69, 9.17) is 5.73 Å². The molecule has 3 rings (SSSR count). The Balaban J connectivity index is 2.04. The smallest absolute Gasteiger partial charge is 0.230 e. The van der Waals surface area contributed by atoms with E-state index in [1.807, 2.05) is 6.07 Å². The van der Waals surface area contributed by atoms with E-state index in [0.717, 1.165) is 0 Å². The van der Waals surface area contributed by atoms with Crippen LogP contribution in [-0.4, -0.2) is 22.1 Å². The van der Waals surface area contributed by atoms with Gasteiger partial charge in [0.2, 0.25) is 11.6 Å². The van der Waals surface area contributed by atoms with Gasteiger partial charge >= 0.3 is 0 Å². The van der Waals surface area contributed by atoms with Crippen LogP contribution >= 0.6 is 0 Å². The summed E-state index contributed by atoms with van der Waals surface area (Å²) in [5.41, 5.74) is 6.64. The van der Waals surface area contributed by atoms with Crippen molar-refractivity contribution >= 4 is 29.4 Å². The molecule has 1 aliphatic rings. The van der Waals surface area contributed by atoms with Crippen molar-refractivity contribution < 1.29 is 4.79 Å². The summed E-state index contributed by atoms with van der Waals surface area (Å²) in [6.45, 7) is 0. The molecule has 1 aliphatic heterocycles. The number of rotatable bonds is 2. The van der Waals surface area contributed by atoms with Crippen LogP contribution in [0.1, 0.15) is 16.2 Å². The number of nitrogens with two attached hydrogens (primary N) is 1. The quantitative estimate of drug-likeness (QED) is 0.795. The number of carbonyl (C=O) groups excluding carboxylic acids is 1. The van der Waals surface area contributed by atoms with Gasteiger partial charge in [-0.2, -0.15) is 0 Å². The van der Waals surface area contributed by atoms with Gasteiger partial charge < -0.3 is 5.73 Å². The zero-order chi connectivity index (χ0) is 12.5. The fourth-order valence-corrected chi connectivity index (χ4v) is 1.64. The van der Waals surface area contributed by atoms with Crippen molar-refractivity contribution in [2.45, 2.75) is 0 Å². The number of aliphatic imine (C=N–C) groups is 1. The number of fused-ring (bicyclic) bond motifs is 1. The molecule has 18 heavy (non-hydrogen) atoms. The van der Waals surface area contributed by atoms with E-state index in [2.05, 4.69) is 20.3 Å². The number of nitrogens with zero attached hydrogens (tertiary/aromatic N) is 4. The molecule has 1 aromatic heterocycles. The minimum absolute atomic E-state index is 0.0340. The van der Waals surface area contributed by atoms with E-state index >= 15 is 0 Å². The summed E-state index contributed by atoms with van der Waals surface area (Å²) in [4.78, 5) is 24.1. The molecule has 0 aliphatic carbocycles. The van der Waals surface area contributed by atoms with Crippen LogP contribution in [0.25, 0.3) is 0 Å². The number of anilines is 1. The average Bonchev–Trinajstić information content (AvgIpc) is 2.88. The minimum Gasteiger partial charge on any atom is -0.382 e. The lowest BCUT2D eigenvalue weighted by atomic mass is 10.1. The van der Waals surface area contributed by atoms with E-state index in [-0.39, 0.29) is 17.4 Å². The number of hydrogen-bond acceptors (Lipinski definition) is 5. The highest BCUT2D eigenvalue weighted by Gasteiger charge is 2.20. The standard InChI is InChI=1S/C12H8N5O/c13-10-8-11(15-6-14-8)17-12(16-10)9(18)7-4-2-1-3-5-7/h1-6H,(H2,13,16,17). The van der Waals surface area contributed by atoms with E-state index in [9.17, 15) is 4.79 Å². The molecule has 0 saturated carbocycles. The van der Waals surface area contributed by atoms with Gasteiger partial charge in [-0.05, 0) is 0 Å². The van der Waals surface area contributed by atoms with Crippen LogP contribution in [0.15, 0.2) is 35.3 Å². The zero-order valence-electron chi connectivity index (χ0n) is 9.24. The van der Waals surface area contributed by atoms with Crippen molar-refractivity contribution in [3.63, 3.8) is 0 Å². The van der Waals surface area contributed by atoms with Crippen molar-refractivity contribution in [2.75, 3.05) is 5.73 Å². The lowest BCUT2D eigenvalue weighted by molar-refractivity contribution is 0.102. The van der Waals surface area contributed by atoms with Crippen LogP contribution in [-0.2, 0) is 0 Å². The van der Waals surface area contributed by atoms with Crippen molar-refractivity contribution in [2.24, 2.45) is 4.99 Å². The van der Waals surface area contributed by atoms with Crippen molar-refractivity contribution in [1.82, 2.24) is 15.3 Å². The Bertz CT molecular complexity index is 651. The maximum atomic E-state index is 12.1. The van der Waals surface area contributed by atoms with Crippen LogP contribution in [0.3, 0.4) is 0 Å². The van der Waals surface area contributed by atoms with E-state index < -0.39 is 0 Å². The second-order valence-electron chi connectivity index (χ2n) is 3.67. The van der Waals surface area contributed by atoms with Gasteiger partial charge in [0.1, 0.15) is 6.34 Å². The molecular formula is C12H8N5O. The first-order chi connectivity index (χ1) is 8.75. The molecule has 2 N–H and O–H groups in total. The highest BCUT2D eigenvalue weighted by molar-refractivity contribution is 6.07. The maximum Gasteiger partial charge on any atom is 0.230 e. The first kappa shape index (κ1) is 10.4. The van der Waals surface area contributed by atoms with E-state index in [1.54, 1.807) is 24.3 Å².